The highest BCUT2D eigenvalue weighted by atomic mass is 32.1. The highest BCUT2D eigenvalue weighted by Gasteiger charge is 2.09. The molecule has 120 valence electrons. The average Bonchev–Trinajstić information content (AvgIpc) is 3.19. The highest BCUT2D eigenvalue weighted by Crippen LogP contribution is 2.23. The maximum Gasteiger partial charge on any atom is 0.214 e. The van der Waals surface area contributed by atoms with E-state index < -0.39 is 0 Å². The molecule has 0 aliphatic heterocycles. The number of rotatable bonds is 6. The molecule has 1 N–H and O–H groups in total. The number of nitrogens with zero attached hydrogens (tertiary/aromatic N) is 4. The Morgan fingerprint density at radius 3 is 2.71 bits per heavy atom. The van der Waals surface area contributed by atoms with E-state index in [1.165, 1.54) is 11.3 Å². The van der Waals surface area contributed by atoms with Gasteiger partial charge in [-0.15, -0.1) is 5.10 Å². The lowest BCUT2D eigenvalue weighted by atomic mass is 10.2. The molecule has 0 saturated heterocycles. The van der Waals surface area contributed by atoms with E-state index in [4.69, 9.17) is 4.74 Å². The zero-order valence-corrected chi connectivity index (χ0v) is 13.6. The van der Waals surface area contributed by atoms with Gasteiger partial charge in [0, 0.05) is 18.0 Å². The van der Waals surface area contributed by atoms with Crippen molar-refractivity contribution in [1.82, 2.24) is 19.6 Å². The zero-order valence-electron chi connectivity index (χ0n) is 12.8. The normalized spacial score (nSPS) is 10.8. The molecule has 3 heterocycles. The number of pyridine rings is 1. The minimum Gasteiger partial charge on any atom is -0.492 e. The first kappa shape index (κ1) is 14.6. The smallest absolute Gasteiger partial charge is 0.214 e. The molecule has 0 unspecified atom stereocenters. The highest BCUT2D eigenvalue weighted by molar-refractivity contribution is 7.20. The van der Waals surface area contributed by atoms with Crippen LogP contribution < -0.4 is 10.1 Å². The maximum absolute atomic E-state index is 5.65. The molecule has 4 rings (SSSR count). The summed E-state index contributed by atoms with van der Waals surface area (Å²) in [5, 5.41) is 8.58. The van der Waals surface area contributed by atoms with Crippen LogP contribution in [0.4, 0.5) is 5.13 Å². The first-order chi connectivity index (χ1) is 11.9. The predicted molar refractivity (Wildman–Crippen MR) is 94.5 cm³/mol. The second-order valence-corrected chi connectivity index (χ2v) is 6.04. The number of benzene rings is 1. The van der Waals surface area contributed by atoms with Crippen LogP contribution in [0.5, 0.6) is 5.75 Å². The van der Waals surface area contributed by atoms with E-state index >= 15 is 0 Å². The summed E-state index contributed by atoms with van der Waals surface area (Å²) < 4.78 is 7.44. The predicted octanol–water partition coefficient (Wildman–Crippen LogP) is 3.34. The number of hydrogen-bond acceptors (Lipinski definition) is 6. The molecule has 6 nitrogen and oxygen atoms in total. The molecule has 0 radical (unpaired) electrons. The van der Waals surface area contributed by atoms with Crippen molar-refractivity contribution in [2.75, 3.05) is 18.5 Å². The number of hydrogen-bond donors (Lipinski definition) is 1. The van der Waals surface area contributed by atoms with Gasteiger partial charge in [0.25, 0.3) is 0 Å². The van der Waals surface area contributed by atoms with Gasteiger partial charge in [-0.3, -0.25) is 4.98 Å². The lowest BCUT2D eigenvalue weighted by Gasteiger charge is -2.05. The Morgan fingerprint density at radius 2 is 1.92 bits per heavy atom. The number of ether oxygens (including phenoxy) is 1. The molecule has 7 heteroatoms. The summed E-state index contributed by atoms with van der Waals surface area (Å²) in [7, 11) is 0. The van der Waals surface area contributed by atoms with Crippen LogP contribution in [0.1, 0.15) is 0 Å². The summed E-state index contributed by atoms with van der Waals surface area (Å²) in [6.45, 7) is 1.26. The van der Waals surface area contributed by atoms with E-state index in [0.717, 1.165) is 27.1 Å². The number of fused-ring (bicyclic) bond motifs is 1. The van der Waals surface area contributed by atoms with Crippen LogP contribution in [0.15, 0.2) is 61.1 Å². The summed E-state index contributed by atoms with van der Waals surface area (Å²) >= 11 is 1.52. The monoisotopic (exact) mass is 337 g/mol. The van der Waals surface area contributed by atoms with Crippen LogP contribution in [0.3, 0.4) is 0 Å². The third kappa shape index (κ3) is 3.21. The van der Waals surface area contributed by atoms with Crippen LogP contribution in [-0.2, 0) is 0 Å². The van der Waals surface area contributed by atoms with Crippen molar-refractivity contribution in [2.24, 2.45) is 0 Å². The van der Waals surface area contributed by atoms with Gasteiger partial charge in [0.15, 0.2) is 0 Å². The van der Waals surface area contributed by atoms with Crippen LogP contribution in [-0.4, -0.2) is 32.7 Å². The Balaban J connectivity index is 1.37. The third-order valence-electron chi connectivity index (χ3n) is 3.41. The van der Waals surface area contributed by atoms with Gasteiger partial charge in [-0.1, -0.05) is 29.5 Å². The lowest BCUT2D eigenvalue weighted by Crippen LogP contribution is -2.11. The summed E-state index contributed by atoms with van der Waals surface area (Å²) in [5.74, 6) is 0.871. The number of para-hydroxylation sites is 1. The molecule has 0 atom stereocenters. The fourth-order valence-corrected chi connectivity index (χ4v) is 3.08. The van der Waals surface area contributed by atoms with Crippen molar-refractivity contribution in [3.63, 3.8) is 0 Å². The van der Waals surface area contributed by atoms with Crippen molar-refractivity contribution in [2.45, 2.75) is 0 Å². The second kappa shape index (κ2) is 6.67. The van der Waals surface area contributed by atoms with Gasteiger partial charge in [0.05, 0.1) is 18.4 Å². The van der Waals surface area contributed by atoms with Crippen molar-refractivity contribution in [1.29, 1.82) is 0 Å². The molecule has 0 bridgehead atoms. The van der Waals surface area contributed by atoms with Gasteiger partial charge >= 0.3 is 0 Å². The third-order valence-corrected chi connectivity index (χ3v) is 4.29. The minimum absolute atomic E-state index is 0.578. The van der Waals surface area contributed by atoms with E-state index in [0.29, 0.717) is 13.2 Å². The summed E-state index contributed by atoms with van der Waals surface area (Å²) in [5.41, 5.74) is 1.93. The average molecular weight is 337 g/mol. The van der Waals surface area contributed by atoms with Crippen molar-refractivity contribution in [3.8, 4) is 17.0 Å². The lowest BCUT2D eigenvalue weighted by molar-refractivity contribution is 0.333. The largest absolute Gasteiger partial charge is 0.492 e. The fourth-order valence-electron chi connectivity index (χ4n) is 2.28. The standard InChI is InChI=1S/C17H15N5OS/c1-2-4-14(5-3-1)23-11-10-19-16-21-22-12-15(20-17(22)24-16)13-6-8-18-9-7-13/h1-9,12H,10-11H2,(H,19,21). The SMILES string of the molecule is c1ccc(OCCNc2nn3cc(-c4ccncc4)nc3s2)cc1. The van der Waals surface area contributed by atoms with E-state index in [2.05, 4.69) is 20.4 Å². The zero-order chi connectivity index (χ0) is 16.2. The van der Waals surface area contributed by atoms with Gasteiger partial charge in [-0.25, -0.2) is 9.50 Å². The number of anilines is 1. The topological polar surface area (TPSA) is 64.3 Å². The van der Waals surface area contributed by atoms with E-state index in [-0.39, 0.29) is 0 Å². The summed E-state index contributed by atoms with van der Waals surface area (Å²) in [6, 6.07) is 13.6. The summed E-state index contributed by atoms with van der Waals surface area (Å²) in [4.78, 5) is 9.48. The number of aromatic nitrogens is 4. The Labute approximate surface area is 142 Å². The quantitative estimate of drug-likeness (QED) is 0.547. The molecule has 0 fully saturated rings. The van der Waals surface area contributed by atoms with Crippen molar-refractivity contribution < 1.29 is 4.74 Å². The molecule has 4 aromatic rings. The molecule has 1 aromatic carbocycles. The first-order valence-electron chi connectivity index (χ1n) is 7.57. The van der Waals surface area contributed by atoms with Crippen LogP contribution in [0.2, 0.25) is 0 Å². The Bertz CT molecular complexity index is 888. The Hall–Kier alpha value is -2.93. The van der Waals surface area contributed by atoms with E-state index in [9.17, 15) is 0 Å². The Morgan fingerprint density at radius 1 is 1.08 bits per heavy atom. The van der Waals surface area contributed by atoms with E-state index in [1.54, 1.807) is 16.9 Å². The van der Waals surface area contributed by atoms with E-state index in [1.807, 2.05) is 48.7 Å². The molecule has 0 aliphatic rings. The van der Waals surface area contributed by atoms with Crippen LogP contribution >= 0.6 is 11.3 Å². The minimum atomic E-state index is 0.578. The van der Waals surface area contributed by atoms with Gasteiger partial charge in [0.1, 0.15) is 12.4 Å². The van der Waals surface area contributed by atoms with Gasteiger partial charge < -0.3 is 10.1 Å². The second-order valence-electron chi connectivity index (χ2n) is 5.08. The van der Waals surface area contributed by atoms with Crippen molar-refractivity contribution in [3.05, 3.63) is 61.1 Å². The van der Waals surface area contributed by atoms with Gasteiger partial charge in [-0.05, 0) is 24.3 Å². The molecular formula is C17H15N5OS. The van der Waals surface area contributed by atoms with Crippen molar-refractivity contribution >= 4 is 21.4 Å². The maximum atomic E-state index is 5.65. The fraction of sp³-hybridized carbons (Fsp3) is 0.118. The molecule has 24 heavy (non-hydrogen) atoms. The molecule has 0 saturated carbocycles. The summed E-state index contributed by atoms with van der Waals surface area (Å²) in [6.07, 6.45) is 5.44. The molecule has 0 amide bonds. The number of imidazole rings is 1. The number of nitrogens with one attached hydrogen (secondary N) is 1. The molecule has 0 aliphatic carbocycles. The van der Waals surface area contributed by atoms with Gasteiger partial charge in [0.2, 0.25) is 10.1 Å². The van der Waals surface area contributed by atoms with Crippen LogP contribution in [0, 0.1) is 0 Å². The molecular weight excluding hydrogens is 322 g/mol. The van der Waals surface area contributed by atoms with Gasteiger partial charge in [-0.2, -0.15) is 0 Å². The molecule has 0 spiro atoms. The Kier molecular flexibility index (Phi) is 4.07. The van der Waals surface area contributed by atoms with Crippen LogP contribution in [0.25, 0.3) is 16.2 Å². The molecule has 3 aromatic heterocycles. The first-order valence-corrected chi connectivity index (χ1v) is 8.38.